The van der Waals surface area contributed by atoms with Crippen LogP contribution in [0.1, 0.15) is 16.1 Å². The molecule has 0 saturated carbocycles. The number of carbonyl (C=O) groups is 2. The maximum Gasteiger partial charge on any atom is 0.338 e. The average molecular weight is 409 g/mol. The third-order valence-electron chi connectivity index (χ3n) is 4.13. The molecule has 0 spiro atoms. The van der Waals surface area contributed by atoms with Gasteiger partial charge in [0.1, 0.15) is 11.5 Å². The first-order valence-corrected chi connectivity index (χ1v) is 8.94. The van der Waals surface area contributed by atoms with E-state index in [1.54, 1.807) is 17.7 Å². The van der Waals surface area contributed by atoms with Crippen molar-refractivity contribution in [2.24, 2.45) is 0 Å². The van der Waals surface area contributed by atoms with E-state index in [9.17, 15) is 19.7 Å². The SMILES string of the molecule is CNc1ccc(C(=O)OCC(=O)Nc2cc(C)nn2-c2ccccc2)cc1[N+](=O)[O-]. The Morgan fingerprint density at radius 1 is 1.17 bits per heavy atom. The number of anilines is 2. The Kier molecular flexibility index (Phi) is 6.06. The number of carbonyl (C=O) groups excluding carboxylic acids is 2. The third kappa shape index (κ3) is 4.61. The number of esters is 1. The van der Waals surface area contributed by atoms with Gasteiger partial charge in [0.05, 0.1) is 21.9 Å². The highest BCUT2D eigenvalue weighted by molar-refractivity contribution is 5.96. The van der Waals surface area contributed by atoms with Crippen molar-refractivity contribution in [1.82, 2.24) is 9.78 Å². The number of nitrogens with one attached hydrogen (secondary N) is 2. The van der Waals surface area contributed by atoms with E-state index in [-0.39, 0.29) is 16.9 Å². The first kappa shape index (κ1) is 20.5. The number of nitro groups is 1. The Morgan fingerprint density at radius 3 is 2.57 bits per heavy atom. The lowest BCUT2D eigenvalue weighted by Gasteiger charge is -2.09. The summed E-state index contributed by atoms with van der Waals surface area (Å²) in [6, 6.07) is 14.8. The minimum Gasteiger partial charge on any atom is -0.452 e. The molecule has 1 amide bonds. The maximum atomic E-state index is 12.3. The van der Waals surface area contributed by atoms with Crippen molar-refractivity contribution in [2.45, 2.75) is 6.92 Å². The van der Waals surface area contributed by atoms with E-state index in [1.807, 2.05) is 30.3 Å². The highest BCUT2D eigenvalue weighted by Crippen LogP contribution is 2.25. The van der Waals surface area contributed by atoms with E-state index in [1.165, 1.54) is 19.2 Å². The molecule has 30 heavy (non-hydrogen) atoms. The molecular weight excluding hydrogens is 390 g/mol. The lowest BCUT2D eigenvalue weighted by Crippen LogP contribution is -2.22. The van der Waals surface area contributed by atoms with Gasteiger partial charge in [-0.1, -0.05) is 18.2 Å². The Labute approximate surface area is 171 Å². The highest BCUT2D eigenvalue weighted by atomic mass is 16.6. The smallest absolute Gasteiger partial charge is 0.338 e. The second kappa shape index (κ2) is 8.86. The van der Waals surface area contributed by atoms with Gasteiger partial charge < -0.3 is 15.4 Å². The summed E-state index contributed by atoms with van der Waals surface area (Å²) in [5, 5.41) is 20.8. The van der Waals surface area contributed by atoms with Gasteiger partial charge in [-0.3, -0.25) is 14.9 Å². The molecule has 0 radical (unpaired) electrons. The lowest BCUT2D eigenvalue weighted by atomic mass is 10.1. The maximum absolute atomic E-state index is 12.3. The van der Waals surface area contributed by atoms with Gasteiger partial charge in [-0.15, -0.1) is 0 Å². The first-order chi connectivity index (χ1) is 14.4. The lowest BCUT2D eigenvalue weighted by molar-refractivity contribution is -0.384. The quantitative estimate of drug-likeness (QED) is 0.349. The van der Waals surface area contributed by atoms with E-state index in [0.717, 1.165) is 11.8 Å². The second-order valence-corrected chi connectivity index (χ2v) is 6.28. The summed E-state index contributed by atoms with van der Waals surface area (Å²) in [5.74, 6) is -0.987. The van der Waals surface area contributed by atoms with E-state index >= 15 is 0 Å². The average Bonchev–Trinajstić information content (AvgIpc) is 3.11. The van der Waals surface area contributed by atoms with Gasteiger partial charge in [0.25, 0.3) is 11.6 Å². The molecule has 1 aromatic heterocycles. The van der Waals surface area contributed by atoms with Crippen LogP contribution in [0.2, 0.25) is 0 Å². The number of aromatic nitrogens is 2. The Morgan fingerprint density at radius 2 is 1.90 bits per heavy atom. The number of rotatable bonds is 7. The number of benzene rings is 2. The van der Waals surface area contributed by atoms with Gasteiger partial charge in [0.2, 0.25) is 0 Å². The van der Waals surface area contributed by atoms with E-state index in [0.29, 0.717) is 11.5 Å². The molecule has 1 heterocycles. The number of amides is 1. The topological polar surface area (TPSA) is 128 Å². The standard InChI is InChI=1S/C20H19N5O5/c1-13-10-18(24(23-13)15-6-4-3-5-7-15)22-19(26)12-30-20(27)14-8-9-16(21-2)17(11-14)25(28)29/h3-11,21H,12H2,1-2H3,(H,22,26). The monoisotopic (exact) mass is 409 g/mol. The molecule has 0 aliphatic rings. The molecule has 0 saturated heterocycles. The Hall–Kier alpha value is -4.21. The minimum atomic E-state index is -0.844. The fraction of sp³-hybridized carbons (Fsp3) is 0.150. The molecular formula is C20H19N5O5. The van der Waals surface area contributed by atoms with Crippen LogP contribution in [-0.4, -0.2) is 40.2 Å². The molecule has 10 heteroatoms. The number of nitrogens with zero attached hydrogens (tertiary/aromatic N) is 3. The van der Waals surface area contributed by atoms with Crippen molar-refractivity contribution in [3.8, 4) is 5.69 Å². The van der Waals surface area contributed by atoms with Crippen LogP contribution >= 0.6 is 0 Å². The van der Waals surface area contributed by atoms with Crippen LogP contribution in [0, 0.1) is 17.0 Å². The molecule has 0 aliphatic heterocycles. The molecule has 0 fully saturated rings. The van der Waals surface area contributed by atoms with E-state index in [4.69, 9.17) is 4.74 Å². The van der Waals surface area contributed by atoms with Crippen molar-refractivity contribution in [2.75, 3.05) is 24.3 Å². The largest absolute Gasteiger partial charge is 0.452 e. The van der Waals surface area contributed by atoms with Gasteiger partial charge in [-0.25, -0.2) is 9.48 Å². The van der Waals surface area contributed by atoms with Gasteiger partial charge in [-0.2, -0.15) is 5.10 Å². The second-order valence-electron chi connectivity index (χ2n) is 6.28. The number of ether oxygens (including phenoxy) is 1. The summed E-state index contributed by atoms with van der Waals surface area (Å²) in [6.07, 6.45) is 0. The van der Waals surface area contributed by atoms with Gasteiger partial charge in [-0.05, 0) is 31.2 Å². The van der Waals surface area contributed by atoms with Gasteiger partial charge in [0.15, 0.2) is 6.61 Å². The molecule has 154 valence electrons. The molecule has 2 aromatic carbocycles. The zero-order chi connectivity index (χ0) is 21.7. The van der Waals surface area contributed by atoms with Crippen LogP contribution in [-0.2, 0) is 9.53 Å². The molecule has 0 atom stereocenters. The molecule has 0 bridgehead atoms. The van der Waals surface area contributed by atoms with Crippen molar-refractivity contribution >= 4 is 29.1 Å². The van der Waals surface area contributed by atoms with Crippen LogP contribution in [0.4, 0.5) is 17.2 Å². The van der Waals surface area contributed by atoms with Crippen molar-refractivity contribution in [1.29, 1.82) is 0 Å². The molecule has 2 N–H and O–H groups in total. The summed E-state index contributed by atoms with van der Waals surface area (Å²) >= 11 is 0. The van der Waals surface area contributed by atoms with Crippen molar-refractivity contribution in [3.05, 3.63) is 76.0 Å². The molecule has 0 aliphatic carbocycles. The Bertz CT molecular complexity index is 1090. The van der Waals surface area contributed by atoms with E-state index in [2.05, 4.69) is 15.7 Å². The number of hydrogen-bond acceptors (Lipinski definition) is 7. The summed E-state index contributed by atoms with van der Waals surface area (Å²) < 4.78 is 6.56. The van der Waals surface area contributed by atoms with Gasteiger partial charge in [0, 0.05) is 19.2 Å². The minimum absolute atomic E-state index is 0.0290. The molecule has 10 nitrogen and oxygen atoms in total. The summed E-state index contributed by atoms with van der Waals surface area (Å²) in [5.41, 5.74) is 1.43. The molecule has 0 unspecified atom stereocenters. The normalized spacial score (nSPS) is 10.3. The summed E-state index contributed by atoms with van der Waals surface area (Å²) in [6.45, 7) is 1.23. The number of hydrogen-bond donors (Lipinski definition) is 2. The fourth-order valence-corrected chi connectivity index (χ4v) is 2.77. The number of aryl methyl sites for hydroxylation is 1. The summed E-state index contributed by atoms with van der Waals surface area (Å²) in [7, 11) is 1.53. The van der Waals surface area contributed by atoms with Crippen LogP contribution < -0.4 is 10.6 Å². The predicted octanol–water partition coefficient (Wildman–Crippen LogP) is 2.93. The van der Waals surface area contributed by atoms with E-state index < -0.39 is 23.4 Å². The first-order valence-electron chi connectivity index (χ1n) is 8.94. The number of para-hydroxylation sites is 1. The molecule has 3 aromatic rings. The Balaban J connectivity index is 1.67. The van der Waals surface area contributed by atoms with Crippen molar-refractivity contribution in [3.63, 3.8) is 0 Å². The van der Waals surface area contributed by atoms with Crippen LogP contribution in [0.3, 0.4) is 0 Å². The molecule has 3 rings (SSSR count). The zero-order valence-electron chi connectivity index (χ0n) is 16.3. The van der Waals surface area contributed by atoms with Crippen molar-refractivity contribution < 1.29 is 19.2 Å². The van der Waals surface area contributed by atoms with Crippen LogP contribution in [0.15, 0.2) is 54.6 Å². The van der Waals surface area contributed by atoms with Crippen LogP contribution in [0.25, 0.3) is 5.69 Å². The summed E-state index contributed by atoms with van der Waals surface area (Å²) in [4.78, 5) is 35.0. The van der Waals surface area contributed by atoms with Crippen LogP contribution in [0.5, 0.6) is 0 Å². The number of nitro benzene ring substituents is 1. The predicted molar refractivity (Wildman–Crippen MR) is 110 cm³/mol. The van der Waals surface area contributed by atoms with Gasteiger partial charge >= 0.3 is 5.97 Å². The fourth-order valence-electron chi connectivity index (χ4n) is 2.77. The zero-order valence-corrected chi connectivity index (χ0v) is 16.3. The third-order valence-corrected chi connectivity index (χ3v) is 4.13. The highest BCUT2D eigenvalue weighted by Gasteiger charge is 2.19.